The van der Waals surface area contributed by atoms with Crippen molar-refractivity contribution in [1.82, 2.24) is 19.8 Å². The van der Waals surface area contributed by atoms with Crippen LogP contribution >= 0.6 is 0 Å². The van der Waals surface area contributed by atoms with E-state index in [0.717, 1.165) is 49.0 Å². The molecule has 0 spiro atoms. The number of hydrogen-bond donors (Lipinski definition) is 1. The van der Waals surface area contributed by atoms with Crippen LogP contribution in [0.5, 0.6) is 5.75 Å². The van der Waals surface area contributed by atoms with Gasteiger partial charge in [-0.05, 0) is 50.2 Å². The zero-order chi connectivity index (χ0) is 19.5. The zero-order valence-corrected chi connectivity index (χ0v) is 16.4. The van der Waals surface area contributed by atoms with E-state index in [1.165, 1.54) is 0 Å². The highest BCUT2D eigenvalue weighted by molar-refractivity contribution is 5.77. The van der Waals surface area contributed by atoms with E-state index < -0.39 is 0 Å². The van der Waals surface area contributed by atoms with E-state index in [2.05, 4.69) is 17.1 Å². The van der Waals surface area contributed by atoms with Crippen molar-refractivity contribution in [2.45, 2.75) is 19.9 Å². The molecule has 6 heteroatoms. The molecule has 0 aliphatic carbocycles. The van der Waals surface area contributed by atoms with Crippen LogP contribution in [0, 0.1) is 0 Å². The number of nitrogens with one attached hydrogen (secondary N) is 1. The number of rotatable bonds is 5. The third-order valence-electron chi connectivity index (χ3n) is 5.28. The molecular formula is C22H26N4O2. The Kier molecular flexibility index (Phi) is 5.41. The molecule has 146 valence electrons. The highest BCUT2D eigenvalue weighted by atomic mass is 16.5. The lowest BCUT2D eigenvalue weighted by atomic mass is 10.1. The fourth-order valence-corrected chi connectivity index (χ4v) is 3.77. The summed E-state index contributed by atoms with van der Waals surface area (Å²) in [5.74, 6) is 1.57. The van der Waals surface area contributed by atoms with Gasteiger partial charge in [0.05, 0.1) is 29.2 Å². The Labute approximate surface area is 164 Å². The van der Waals surface area contributed by atoms with E-state index in [0.29, 0.717) is 12.0 Å². The lowest BCUT2D eigenvalue weighted by Gasteiger charge is -2.33. The summed E-state index contributed by atoms with van der Waals surface area (Å²) < 4.78 is 7.31. The van der Waals surface area contributed by atoms with Gasteiger partial charge in [0.25, 0.3) is 5.56 Å². The number of fused-ring (bicyclic) bond motifs is 1. The molecule has 0 unspecified atom stereocenters. The first-order valence-electron chi connectivity index (χ1n) is 9.88. The molecule has 0 bridgehead atoms. The Morgan fingerprint density at radius 2 is 1.82 bits per heavy atom. The molecule has 1 aliphatic rings. The highest BCUT2D eigenvalue weighted by Crippen LogP contribution is 2.24. The Morgan fingerprint density at radius 1 is 1.11 bits per heavy atom. The van der Waals surface area contributed by atoms with Gasteiger partial charge in [-0.3, -0.25) is 14.3 Å². The molecule has 2 heterocycles. The predicted molar refractivity (Wildman–Crippen MR) is 111 cm³/mol. The first kappa shape index (κ1) is 18.7. The van der Waals surface area contributed by atoms with Crippen molar-refractivity contribution >= 4 is 10.9 Å². The molecule has 28 heavy (non-hydrogen) atoms. The van der Waals surface area contributed by atoms with Crippen molar-refractivity contribution in [3.63, 3.8) is 0 Å². The molecule has 4 rings (SSSR count). The number of hydrogen-bond acceptors (Lipinski definition) is 5. The van der Waals surface area contributed by atoms with Gasteiger partial charge in [-0.1, -0.05) is 12.1 Å². The molecule has 2 aromatic carbocycles. The smallest absolute Gasteiger partial charge is 0.266 e. The second-order valence-electron chi connectivity index (χ2n) is 7.02. The second-order valence-corrected chi connectivity index (χ2v) is 7.02. The SMILES string of the molecule is CCOc1ccc(-n2c([C@@H](C)N3CCNCC3)nc3ccccc3c2=O)cc1. The van der Waals surface area contributed by atoms with Crippen LogP contribution in [0.3, 0.4) is 0 Å². The summed E-state index contributed by atoms with van der Waals surface area (Å²) in [6, 6.07) is 15.3. The molecule has 0 saturated carbocycles. The average Bonchev–Trinajstić information content (AvgIpc) is 2.75. The topological polar surface area (TPSA) is 59.4 Å². The van der Waals surface area contributed by atoms with Gasteiger partial charge in [0.1, 0.15) is 11.6 Å². The molecule has 1 saturated heterocycles. The van der Waals surface area contributed by atoms with Crippen LogP contribution in [-0.4, -0.2) is 47.2 Å². The van der Waals surface area contributed by atoms with E-state index in [-0.39, 0.29) is 11.6 Å². The van der Waals surface area contributed by atoms with Crippen LogP contribution in [0.2, 0.25) is 0 Å². The van der Waals surface area contributed by atoms with Gasteiger partial charge in [-0.25, -0.2) is 4.98 Å². The maximum atomic E-state index is 13.4. The van der Waals surface area contributed by atoms with Crippen LogP contribution in [0.25, 0.3) is 16.6 Å². The third kappa shape index (κ3) is 3.53. The number of para-hydroxylation sites is 1. The van der Waals surface area contributed by atoms with Crippen molar-refractivity contribution in [2.24, 2.45) is 0 Å². The summed E-state index contributed by atoms with van der Waals surface area (Å²) in [5, 5.41) is 4.01. The first-order valence-corrected chi connectivity index (χ1v) is 9.88. The van der Waals surface area contributed by atoms with Gasteiger partial charge in [-0.15, -0.1) is 0 Å². The van der Waals surface area contributed by atoms with E-state index in [1.807, 2.05) is 55.5 Å². The van der Waals surface area contributed by atoms with Crippen molar-refractivity contribution in [2.75, 3.05) is 32.8 Å². The van der Waals surface area contributed by atoms with E-state index in [1.54, 1.807) is 4.57 Å². The summed E-state index contributed by atoms with van der Waals surface area (Å²) in [6.45, 7) is 8.48. The van der Waals surface area contributed by atoms with Crippen LogP contribution in [0.4, 0.5) is 0 Å². The molecule has 0 amide bonds. The summed E-state index contributed by atoms with van der Waals surface area (Å²) in [7, 11) is 0. The van der Waals surface area contributed by atoms with Crippen molar-refractivity contribution in [3.05, 3.63) is 64.7 Å². The van der Waals surface area contributed by atoms with Crippen LogP contribution in [0.1, 0.15) is 25.7 Å². The fourth-order valence-electron chi connectivity index (χ4n) is 3.77. The lowest BCUT2D eigenvalue weighted by molar-refractivity contribution is 0.177. The van der Waals surface area contributed by atoms with Crippen LogP contribution in [0.15, 0.2) is 53.3 Å². The lowest BCUT2D eigenvalue weighted by Crippen LogP contribution is -2.45. The largest absolute Gasteiger partial charge is 0.494 e. The zero-order valence-electron chi connectivity index (χ0n) is 16.4. The maximum absolute atomic E-state index is 13.4. The molecule has 3 aromatic rings. The quantitative estimate of drug-likeness (QED) is 0.740. The van der Waals surface area contributed by atoms with Crippen molar-refractivity contribution in [3.8, 4) is 11.4 Å². The van der Waals surface area contributed by atoms with E-state index in [4.69, 9.17) is 9.72 Å². The normalized spacial score (nSPS) is 16.2. The molecule has 6 nitrogen and oxygen atoms in total. The minimum absolute atomic E-state index is 0.0333. The standard InChI is InChI=1S/C22H26N4O2/c1-3-28-18-10-8-17(9-11-18)26-21(16(2)25-14-12-23-13-15-25)24-20-7-5-4-6-19(20)22(26)27/h4-11,16,23H,3,12-15H2,1-2H3/t16-/m1/s1. The molecular weight excluding hydrogens is 352 g/mol. The minimum atomic E-state index is -0.0354. The average molecular weight is 378 g/mol. The highest BCUT2D eigenvalue weighted by Gasteiger charge is 2.24. The number of benzene rings is 2. The number of aromatic nitrogens is 2. The van der Waals surface area contributed by atoms with Gasteiger partial charge >= 0.3 is 0 Å². The van der Waals surface area contributed by atoms with Crippen molar-refractivity contribution < 1.29 is 4.74 Å². The molecule has 1 aromatic heterocycles. The number of ether oxygens (including phenoxy) is 1. The van der Waals surface area contributed by atoms with Gasteiger partial charge in [-0.2, -0.15) is 0 Å². The number of piperazine rings is 1. The fraction of sp³-hybridized carbons (Fsp3) is 0.364. The van der Waals surface area contributed by atoms with Crippen LogP contribution < -0.4 is 15.6 Å². The van der Waals surface area contributed by atoms with E-state index >= 15 is 0 Å². The van der Waals surface area contributed by atoms with Gasteiger partial charge in [0.2, 0.25) is 0 Å². The number of nitrogens with zero attached hydrogens (tertiary/aromatic N) is 3. The maximum Gasteiger partial charge on any atom is 0.266 e. The van der Waals surface area contributed by atoms with Crippen LogP contribution in [-0.2, 0) is 0 Å². The molecule has 0 radical (unpaired) electrons. The Hall–Kier alpha value is -2.70. The minimum Gasteiger partial charge on any atom is -0.494 e. The summed E-state index contributed by atoms with van der Waals surface area (Å²) >= 11 is 0. The summed E-state index contributed by atoms with van der Waals surface area (Å²) in [5.41, 5.74) is 1.52. The van der Waals surface area contributed by atoms with Gasteiger partial charge in [0, 0.05) is 26.2 Å². The molecule has 1 atom stereocenters. The Balaban J connectivity index is 1.86. The predicted octanol–water partition coefficient (Wildman–Crippen LogP) is 2.75. The third-order valence-corrected chi connectivity index (χ3v) is 5.28. The van der Waals surface area contributed by atoms with Gasteiger partial charge < -0.3 is 10.1 Å². The Morgan fingerprint density at radius 3 is 2.54 bits per heavy atom. The Bertz CT molecular complexity index is 1010. The second kappa shape index (κ2) is 8.12. The molecule has 1 N–H and O–H groups in total. The first-order chi connectivity index (χ1) is 13.7. The monoisotopic (exact) mass is 378 g/mol. The van der Waals surface area contributed by atoms with Crippen molar-refractivity contribution in [1.29, 1.82) is 0 Å². The summed E-state index contributed by atoms with van der Waals surface area (Å²) in [6.07, 6.45) is 0. The summed E-state index contributed by atoms with van der Waals surface area (Å²) in [4.78, 5) is 20.7. The molecule has 1 aliphatic heterocycles. The van der Waals surface area contributed by atoms with Gasteiger partial charge in [0.15, 0.2) is 0 Å². The molecule has 1 fully saturated rings. The van der Waals surface area contributed by atoms with E-state index in [9.17, 15) is 4.79 Å².